The van der Waals surface area contributed by atoms with Gasteiger partial charge in [0.25, 0.3) is 0 Å². The van der Waals surface area contributed by atoms with Gasteiger partial charge in [0.1, 0.15) is 0 Å². The number of thiazole rings is 1. The van der Waals surface area contributed by atoms with Crippen LogP contribution in [0, 0.1) is 13.8 Å². The number of anilines is 1. The van der Waals surface area contributed by atoms with E-state index in [0.717, 1.165) is 27.6 Å². The molecule has 5 heteroatoms. The highest BCUT2D eigenvalue weighted by atomic mass is 32.1. The minimum absolute atomic E-state index is 0.0251. The molecule has 1 amide bonds. The van der Waals surface area contributed by atoms with Crippen molar-refractivity contribution in [2.24, 2.45) is 0 Å². The first-order valence-corrected chi connectivity index (χ1v) is 9.36. The average Bonchev–Trinajstić information content (AvgIpc) is 3.21. The summed E-state index contributed by atoms with van der Waals surface area (Å²) >= 11 is 1.55. The van der Waals surface area contributed by atoms with E-state index in [1.54, 1.807) is 11.3 Å². The van der Waals surface area contributed by atoms with Crippen LogP contribution >= 0.6 is 11.3 Å². The maximum absolute atomic E-state index is 12.5. The van der Waals surface area contributed by atoms with Crippen LogP contribution < -0.4 is 5.32 Å². The van der Waals surface area contributed by atoms with Gasteiger partial charge in [-0.3, -0.25) is 9.20 Å². The van der Waals surface area contributed by atoms with E-state index in [-0.39, 0.29) is 5.91 Å². The van der Waals surface area contributed by atoms with Crippen molar-refractivity contribution in [3.63, 3.8) is 0 Å². The Morgan fingerprint density at radius 3 is 2.69 bits per heavy atom. The lowest BCUT2D eigenvalue weighted by molar-refractivity contribution is -0.115. The molecule has 0 spiro atoms. The van der Waals surface area contributed by atoms with Crippen LogP contribution in [0.25, 0.3) is 16.2 Å². The Kier molecular flexibility index (Phi) is 4.31. The summed E-state index contributed by atoms with van der Waals surface area (Å²) in [6, 6.07) is 16.0. The Morgan fingerprint density at radius 1 is 1.12 bits per heavy atom. The Hall–Kier alpha value is -2.92. The average molecular weight is 361 g/mol. The maximum Gasteiger partial charge on any atom is 0.230 e. The predicted molar refractivity (Wildman–Crippen MR) is 107 cm³/mol. The van der Waals surface area contributed by atoms with Gasteiger partial charge in [-0.1, -0.05) is 36.4 Å². The minimum Gasteiger partial charge on any atom is -0.326 e. The fourth-order valence-corrected chi connectivity index (χ4v) is 3.77. The van der Waals surface area contributed by atoms with Crippen LogP contribution in [0.4, 0.5) is 5.69 Å². The third-order valence-electron chi connectivity index (χ3n) is 4.49. The molecule has 0 aliphatic carbocycles. The number of fused-ring (bicyclic) bond motifs is 1. The summed E-state index contributed by atoms with van der Waals surface area (Å²) in [6.45, 7) is 4.11. The van der Waals surface area contributed by atoms with Gasteiger partial charge in [-0.25, -0.2) is 4.98 Å². The van der Waals surface area contributed by atoms with Crippen LogP contribution in [-0.4, -0.2) is 15.3 Å². The Morgan fingerprint density at radius 2 is 1.92 bits per heavy atom. The molecular weight excluding hydrogens is 342 g/mol. The molecular formula is C21H19N3OS. The SMILES string of the molecule is Cc1ccc(NC(=O)Cc2csc3nc(-c4ccccc4)cn23)cc1C. The fourth-order valence-electron chi connectivity index (χ4n) is 2.89. The van der Waals surface area contributed by atoms with E-state index in [1.165, 1.54) is 11.1 Å². The second kappa shape index (κ2) is 6.77. The Labute approximate surface area is 156 Å². The molecule has 1 N–H and O–H groups in total. The normalized spacial score (nSPS) is 11.0. The van der Waals surface area contributed by atoms with Crippen LogP contribution in [0.15, 0.2) is 60.1 Å². The van der Waals surface area contributed by atoms with Gasteiger partial charge in [-0.05, 0) is 37.1 Å². The van der Waals surface area contributed by atoms with Gasteiger partial charge < -0.3 is 5.32 Å². The van der Waals surface area contributed by atoms with Crippen molar-refractivity contribution in [1.29, 1.82) is 0 Å². The molecule has 26 heavy (non-hydrogen) atoms. The first-order chi connectivity index (χ1) is 12.6. The summed E-state index contributed by atoms with van der Waals surface area (Å²) in [6.07, 6.45) is 2.32. The lowest BCUT2D eigenvalue weighted by Gasteiger charge is -2.07. The van der Waals surface area contributed by atoms with Gasteiger partial charge in [-0.15, -0.1) is 11.3 Å². The molecule has 0 unspecified atom stereocenters. The second-order valence-corrected chi connectivity index (χ2v) is 7.23. The van der Waals surface area contributed by atoms with Crippen LogP contribution in [0.2, 0.25) is 0 Å². The van der Waals surface area contributed by atoms with Crippen LogP contribution in [0.1, 0.15) is 16.8 Å². The lowest BCUT2D eigenvalue weighted by Crippen LogP contribution is -2.15. The monoisotopic (exact) mass is 361 g/mol. The Bertz CT molecular complexity index is 1080. The quantitative estimate of drug-likeness (QED) is 0.564. The van der Waals surface area contributed by atoms with E-state index < -0.39 is 0 Å². The molecule has 2 aromatic heterocycles. The summed E-state index contributed by atoms with van der Waals surface area (Å²) in [5, 5.41) is 4.98. The number of carbonyl (C=O) groups is 1. The van der Waals surface area contributed by atoms with E-state index in [9.17, 15) is 4.79 Å². The molecule has 0 atom stereocenters. The molecule has 2 aromatic carbocycles. The number of rotatable bonds is 4. The van der Waals surface area contributed by atoms with E-state index in [2.05, 4.69) is 17.2 Å². The molecule has 130 valence electrons. The highest BCUT2D eigenvalue weighted by Gasteiger charge is 2.13. The summed E-state index contributed by atoms with van der Waals surface area (Å²) in [5.74, 6) is -0.0251. The Balaban J connectivity index is 1.54. The number of benzene rings is 2. The minimum atomic E-state index is -0.0251. The predicted octanol–water partition coefficient (Wildman–Crippen LogP) is 4.86. The zero-order chi connectivity index (χ0) is 18.1. The smallest absolute Gasteiger partial charge is 0.230 e. The molecule has 4 nitrogen and oxygen atoms in total. The van der Waals surface area contributed by atoms with Crippen molar-refractivity contribution >= 4 is 27.9 Å². The number of amides is 1. The van der Waals surface area contributed by atoms with Gasteiger partial charge in [-0.2, -0.15) is 0 Å². The molecule has 0 aliphatic heterocycles. The van der Waals surface area contributed by atoms with Gasteiger partial charge in [0.05, 0.1) is 12.1 Å². The maximum atomic E-state index is 12.5. The van der Waals surface area contributed by atoms with Gasteiger partial charge in [0, 0.05) is 28.5 Å². The standard InChI is InChI=1S/C21H19N3OS/c1-14-8-9-17(10-15(14)2)22-20(25)11-18-13-26-21-23-19(12-24(18)21)16-6-4-3-5-7-16/h3-10,12-13H,11H2,1-2H3,(H,22,25). The summed E-state index contributed by atoms with van der Waals surface area (Å²) in [4.78, 5) is 18.0. The summed E-state index contributed by atoms with van der Waals surface area (Å²) < 4.78 is 2.01. The molecule has 4 aromatic rings. The summed E-state index contributed by atoms with van der Waals surface area (Å²) in [5.41, 5.74) is 6.17. The van der Waals surface area contributed by atoms with Crippen molar-refractivity contribution in [1.82, 2.24) is 9.38 Å². The van der Waals surface area contributed by atoms with E-state index in [0.29, 0.717) is 6.42 Å². The van der Waals surface area contributed by atoms with Crippen LogP contribution in [0.5, 0.6) is 0 Å². The molecule has 0 aliphatic rings. The molecule has 4 rings (SSSR count). The van der Waals surface area contributed by atoms with Crippen molar-refractivity contribution < 1.29 is 4.79 Å². The number of aryl methyl sites for hydroxylation is 2. The molecule has 0 bridgehead atoms. The van der Waals surface area contributed by atoms with Crippen molar-refractivity contribution in [2.75, 3.05) is 5.32 Å². The number of hydrogen-bond donors (Lipinski definition) is 1. The number of carbonyl (C=O) groups excluding carboxylic acids is 1. The highest BCUT2D eigenvalue weighted by molar-refractivity contribution is 7.15. The first-order valence-electron chi connectivity index (χ1n) is 8.48. The zero-order valence-electron chi connectivity index (χ0n) is 14.7. The first kappa shape index (κ1) is 16.5. The zero-order valence-corrected chi connectivity index (χ0v) is 15.5. The van der Waals surface area contributed by atoms with E-state index in [4.69, 9.17) is 0 Å². The van der Waals surface area contributed by atoms with Crippen molar-refractivity contribution in [2.45, 2.75) is 20.3 Å². The lowest BCUT2D eigenvalue weighted by atomic mass is 10.1. The van der Waals surface area contributed by atoms with Crippen LogP contribution in [-0.2, 0) is 11.2 Å². The van der Waals surface area contributed by atoms with Gasteiger partial charge in [0.2, 0.25) is 5.91 Å². The number of nitrogens with one attached hydrogen (secondary N) is 1. The van der Waals surface area contributed by atoms with Crippen molar-refractivity contribution in [3.8, 4) is 11.3 Å². The fraction of sp³-hybridized carbons (Fsp3) is 0.143. The van der Waals surface area contributed by atoms with Crippen LogP contribution in [0.3, 0.4) is 0 Å². The highest BCUT2D eigenvalue weighted by Crippen LogP contribution is 2.24. The topological polar surface area (TPSA) is 46.4 Å². The number of nitrogens with zero attached hydrogens (tertiary/aromatic N) is 2. The van der Waals surface area contributed by atoms with Gasteiger partial charge in [0.15, 0.2) is 4.96 Å². The van der Waals surface area contributed by atoms with E-state index >= 15 is 0 Å². The number of imidazole rings is 1. The molecule has 0 saturated carbocycles. The number of aromatic nitrogens is 2. The molecule has 0 fully saturated rings. The summed E-state index contributed by atoms with van der Waals surface area (Å²) in [7, 11) is 0. The third-order valence-corrected chi connectivity index (χ3v) is 5.37. The molecule has 2 heterocycles. The van der Waals surface area contributed by atoms with E-state index in [1.807, 2.05) is 71.4 Å². The number of hydrogen-bond acceptors (Lipinski definition) is 3. The van der Waals surface area contributed by atoms with Gasteiger partial charge >= 0.3 is 0 Å². The molecule has 0 saturated heterocycles. The molecule has 0 radical (unpaired) electrons. The second-order valence-electron chi connectivity index (χ2n) is 6.40. The van der Waals surface area contributed by atoms with Crippen molar-refractivity contribution in [3.05, 3.63) is 76.9 Å². The largest absolute Gasteiger partial charge is 0.326 e. The third kappa shape index (κ3) is 3.26.